The first-order chi connectivity index (χ1) is 10.2. The molecule has 1 aromatic carbocycles. The third kappa shape index (κ3) is 3.39. The maximum Gasteiger partial charge on any atom is 0.233 e. The molecule has 0 spiro atoms. The largest absolute Gasteiger partial charge is 0.326 e. The van der Waals surface area contributed by atoms with Gasteiger partial charge in [0, 0.05) is 24.0 Å². The molecule has 108 valence electrons. The molecule has 0 saturated carbocycles. The number of amides is 1. The van der Waals surface area contributed by atoms with Crippen LogP contribution in [0.3, 0.4) is 0 Å². The number of aromatic nitrogens is 1. The second-order valence-corrected chi connectivity index (χ2v) is 6.41. The smallest absolute Gasteiger partial charge is 0.233 e. The summed E-state index contributed by atoms with van der Waals surface area (Å²) >= 11 is 7.60. The summed E-state index contributed by atoms with van der Waals surface area (Å²) in [5.41, 5.74) is 2.33. The van der Waals surface area contributed by atoms with Gasteiger partial charge in [-0.3, -0.25) is 9.78 Å². The SMILES string of the molecule is O=C1CSC(c2ccc(Cl)cc2)N1CCc1ccncc1. The number of rotatable bonds is 4. The monoisotopic (exact) mass is 318 g/mol. The van der Waals surface area contributed by atoms with E-state index in [4.69, 9.17) is 11.6 Å². The van der Waals surface area contributed by atoms with Crippen molar-refractivity contribution >= 4 is 29.3 Å². The third-order valence-corrected chi connectivity index (χ3v) is 5.02. The van der Waals surface area contributed by atoms with Crippen molar-refractivity contribution in [1.29, 1.82) is 0 Å². The van der Waals surface area contributed by atoms with Crippen molar-refractivity contribution in [2.75, 3.05) is 12.3 Å². The summed E-state index contributed by atoms with van der Waals surface area (Å²) < 4.78 is 0. The molecular weight excluding hydrogens is 304 g/mol. The topological polar surface area (TPSA) is 33.2 Å². The molecule has 1 fully saturated rings. The average Bonchev–Trinajstić information content (AvgIpc) is 2.88. The van der Waals surface area contributed by atoms with Gasteiger partial charge >= 0.3 is 0 Å². The Morgan fingerprint density at radius 1 is 1.19 bits per heavy atom. The van der Waals surface area contributed by atoms with Gasteiger partial charge in [-0.05, 0) is 41.8 Å². The van der Waals surface area contributed by atoms with Crippen LogP contribution in [0.4, 0.5) is 0 Å². The van der Waals surface area contributed by atoms with Crippen LogP contribution in [0.2, 0.25) is 5.02 Å². The lowest BCUT2D eigenvalue weighted by atomic mass is 10.1. The summed E-state index contributed by atoms with van der Waals surface area (Å²) in [6, 6.07) is 11.7. The number of thioether (sulfide) groups is 1. The van der Waals surface area contributed by atoms with E-state index in [9.17, 15) is 4.79 Å². The van der Waals surface area contributed by atoms with Crippen LogP contribution in [-0.4, -0.2) is 28.1 Å². The van der Waals surface area contributed by atoms with Gasteiger partial charge in [0.2, 0.25) is 5.91 Å². The van der Waals surface area contributed by atoms with Crippen LogP contribution >= 0.6 is 23.4 Å². The number of carbonyl (C=O) groups excluding carboxylic acids is 1. The molecule has 5 heteroatoms. The molecule has 3 nitrogen and oxygen atoms in total. The van der Waals surface area contributed by atoms with E-state index in [0.717, 1.165) is 23.6 Å². The van der Waals surface area contributed by atoms with Crippen LogP contribution < -0.4 is 0 Å². The summed E-state index contributed by atoms with van der Waals surface area (Å²) in [6.07, 6.45) is 4.41. The van der Waals surface area contributed by atoms with Gasteiger partial charge in [-0.25, -0.2) is 0 Å². The molecule has 0 radical (unpaired) electrons. The lowest BCUT2D eigenvalue weighted by Gasteiger charge is -2.24. The predicted octanol–water partition coefficient (Wildman–Crippen LogP) is 3.55. The van der Waals surface area contributed by atoms with E-state index in [1.807, 2.05) is 41.3 Å². The Hall–Kier alpha value is -1.52. The highest BCUT2D eigenvalue weighted by atomic mass is 35.5. The van der Waals surface area contributed by atoms with E-state index in [2.05, 4.69) is 4.98 Å². The van der Waals surface area contributed by atoms with Gasteiger partial charge in [-0.2, -0.15) is 0 Å². The van der Waals surface area contributed by atoms with Gasteiger partial charge in [0.1, 0.15) is 5.37 Å². The molecule has 1 unspecified atom stereocenters. The van der Waals surface area contributed by atoms with E-state index in [1.54, 1.807) is 24.2 Å². The number of carbonyl (C=O) groups is 1. The average molecular weight is 319 g/mol. The second kappa shape index (κ2) is 6.50. The fourth-order valence-electron chi connectivity index (χ4n) is 2.40. The van der Waals surface area contributed by atoms with Crippen LogP contribution in [0.15, 0.2) is 48.8 Å². The Morgan fingerprint density at radius 3 is 2.62 bits per heavy atom. The fourth-order valence-corrected chi connectivity index (χ4v) is 3.74. The van der Waals surface area contributed by atoms with Crippen LogP contribution in [0.5, 0.6) is 0 Å². The number of pyridine rings is 1. The molecular formula is C16H15ClN2OS. The molecule has 1 saturated heterocycles. The van der Waals surface area contributed by atoms with Crippen LogP contribution in [0.25, 0.3) is 0 Å². The van der Waals surface area contributed by atoms with Crippen molar-refractivity contribution in [3.05, 3.63) is 64.9 Å². The van der Waals surface area contributed by atoms with Crippen molar-refractivity contribution in [1.82, 2.24) is 9.88 Å². The third-order valence-electron chi connectivity index (χ3n) is 3.51. The van der Waals surface area contributed by atoms with Gasteiger partial charge in [0.25, 0.3) is 0 Å². The van der Waals surface area contributed by atoms with Gasteiger partial charge in [0.05, 0.1) is 5.75 Å². The van der Waals surface area contributed by atoms with Gasteiger partial charge in [-0.15, -0.1) is 11.8 Å². The number of hydrogen-bond acceptors (Lipinski definition) is 3. The van der Waals surface area contributed by atoms with Crippen molar-refractivity contribution in [3.8, 4) is 0 Å². The minimum absolute atomic E-state index is 0.0941. The number of hydrogen-bond donors (Lipinski definition) is 0. The summed E-state index contributed by atoms with van der Waals surface area (Å²) in [5.74, 6) is 0.748. The molecule has 1 atom stereocenters. The fraction of sp³-hybridized carbons (Fsp3) is 0.250. The van der Waals surface area contributed by atoms with E-state index < -0.39 is 0 Å². The minimum atomic E-state index is 0.0941. The normalized spacial score (nSPS) is 18.2. The lowest BCUT2D eigenvalue weighted by Crippen LogP contribution is -2.30. The van der Waals surface area contributed by atoms with Crippen LogP contribution in [0.1, 0.15) is 16.5 Å². The number of benzene rings is 1. The summed E-state index contributed by atoms with van der Waals surface area (Å²) in [5, 5.41) is 0.813. The zero-order valence-electron chi connectivity index (χ0n) is 11.4. The van der Waals surface area contributed by atoms with Crippen molar-refractivity contribution in [2.45, 2.75) is 11.8 Å². The van der Waals surface area contributed by atoms with Gasteiger partial charge in [0.15, 0.2) is 0 Å². The first-order valence-corrected chi connectivity index (χ1v) is 8.22. The van der Waals surface area contributed by atoms with E-state index >= 15 is 0 Å². The molecule has 1 amide bonds. The Kier molecular flexibility index (Phi) is 4.46. The first-order valence-electron chi connectivity index (χ1n) is 6.79. The van der Waals surface area contributed by atoms with Crippen molar-refractivity contribution < 1.29 is 4.79 Å². The molecule has 1 aliphatic heterocycles. The molecule has 2 aromatic rings. The molecule has 0 N–H and O–H groups in total. The van der Waals surface area contributed by atoms with Crippen molar-refractivity contribution in [3.63, 3.8) is 0 Å². The lowest BCUT2D eigenvalue weighted by molar-refractivity contribution is -0.128. The summed E-state index contributed by atoms with van der Waals surface area (Å²) in [6.45, 7) is 0.725. The molecule has 3 rings (SSSR count). The molecule has 21 heavy (non-hydrogen) atoms. The Labute approximate surface area is 133 Å². The van der Waals surface area contributed by atoms with E-state index in [0.29, 0.717) is 5.75 Å². The molecule has 0 bridgehead atoms. The van der Waals surface area contributed by atoms with Crippen LogP contribution in [0, 0.1) is 0 Å². The van der Waals surface area contributed by atoms with Crippen LogP contribution in [-0.2, 0) is 11.2 Å². The summed E-state index contributed by atoms with van der Waals surface area (Å²) in [4.78, 5) is 18.1. The molecule has 1 aromatic heterocycles. The standard InChI is InChI=1S/C16H15ClN2OS/c17-14-3-1-13(2-4-14)16-19(15(20)11-21-16)10-7-12-5-8-18-9-6-12/h1-6,8-9,16H,7,10-11H2. The van der Waals surface area contributed by atoms with E-state index in [1.165, 1.54) is 5.56 Å². The Bertz CT molecular complexity index is 618. The zero-order valence-corrected chi connectivity index (χ0v) is 13.0. The first kappa shape index (κ1) is 14.4. The molecule has 0 aliphatic carbocycles. The predicted molar refractivity (Wildman–Crippen MR) is 86.3 cm³/mol. The maximum absolute atomic E-state index is 12.1. The second-order valence-electron chi connectivity index (χ2n) is 4.91. The van der Waals surface area contributed by atoms with Gasteiger partial charge in [-0.1, -0.05) is 23.7 Å². The highest BCUT2D eigenvalue weighted by molar-refractivity contribution is 8.00. The molecule has 2 heterocycles. The minimum Gasteiger partial charge on any atom is -0.326 e. The van der Waals surface area contributed by atoms with Crippen molar-refractivity contribution in [2.24, 2.45) is 0 Å². The Balaban J connectivity index is 1.72. The maximum atomic E-state index is 12.1. The number of nitrogens with zero attached hydrogens (tertiary/aromatic N) is 2. The zero-order chi connectivity index (χ0) is 14.7. The summed E-state index contributed by atoms with van der Waals surface area (Å²) in [7, 11) is 0. The van der Waals surface area contributed by atoms with E-state index in [-0.39, 0.29) is 11.3 Å². The molecule has 1 aliphatic rings. The Morgan fingerprint density at radius 2 is 1.90 bits per heavy atom. The quantitative estimate of drug-likeness (QED) is 0.864. The van der Waals surface area contributed by atoms with Gasteiger partial charge < -0.3 is 4.90 Å². The highest BCUT2D eigenvalue weighted by Crippen LogP contribution is 2.38. The number of halogens is 1. The highest BCUT2D eigenvalue weighted by Gasteiger charge is 2.32.